The summed E-state index contributed by atoms with van der Waals surface area (Å²) in [5.74, 6) is 0. The van der Waals surface area contributed by atoms with E-state index in [4.69, 9.17) is 0 Å². The monoisotopic (exact) mass is 208 g/mol. The molecule has 2 rings (SSSR count). The highest BCUT2D eigenvalue weighted by Crippen LogP contribution is 2.12. The zero-order chi connectivity index (χ0) is 9.80. The van der Waals surface area contributed by atoms with Crippen LogP contribution in [0.3, 0.4) is 0 Å². The summed E-state index contributed by atoms with van der Waals surface area (Å²) in [5.41, 5.74) is 1.07. The predicted octanol–water partition coefficient (Wildman–Crippen LogP) is 1.74. The average Bonchev–Trinajstić information content (AvgIpc) is 2.79. The molecule has 0 aliphatic rings. The van der Waals surface area contributed by atoms with Crippen molar-refractivity contribution in [2.45, 2.75) is 26.3 Å². The fourth-order valence-electron chi connectivity index (χ4n) is 1.23. The number of nitrogens with zero attached hydrogens (tertiary/aromatic N) is 4. The second-order valence-corrected chi connectivity index (χ2v) is 4.02. The number of thiazole rings is 1. The summed E-state index contributed by atoms with van der Waals surface area (Å²) in [6.07, 6.45) is 5.47. The first kappa shape index (κ1) is 9.33. The maximum absolute atomic E-state index is 4.50. The van der Waals surface area contributed by atoms with Gasteiger partial charge >= 0.3 is 0 Å². The maximum Gasteiger partial charge on any atom is 0.137 e. The first-order chi connectivity index (χ1) is 6.88. The summed E-state index contributed by atoms with van der Waals surface area (Å²) in [4.78, 5) is 8.39. The molecular weight excluding hydrogens is 196 g/mol. The van der Waals surface area contributed by atoms with Crippen molar-refractivity contribution < 1.29 is 0 Å². The van der Waals surface area contributed by atoms with E-state index in [0.717, 1.165) is 25.1 Å². The van der Waals surface area contributed by atoms with Crippen LogP contribution in [0.25, 0.3) is 0 Å². The van der Waals surface area contributed by atoms with Gasteiger partial charge in [-0.2, -0.15) is 5.10 Å². The zero-order valence-electron chi connectivity index (χ0n) is 8.05. The number of aryl methyl sites for hydroxylation is 1. The molecule has 0 aliphatic heterocycles. The molecule has 2 heterocycles. The van der Waals surface area contributed by atoms with E-state index in [1.807, 2.05) is 0 Å². The molecule has 2 aromatic rings. The van der Waals surface area contributed by atoms with Gasteiger partial charge < -0.3 is 0 Å². The Morgan fingerprint density at radius 1 is 1.50 bits per heavy atom. The predicted molar refractivity (Wildman–Crippen MR) is 55.2 cm³/mol. The van der Waals surface area contributed by atoms with Gasteiger partial charge in [0.2, 0.25) is 0 Å². The highest BCUT2D eigenvalue weighted by molar-refractivity contribution is 7.09. The van der Waals surface area contributed by atoms with Gasteiger partial charge in [0.05, 0.1) is 17.2 Å². The highest BCUT2D eigenvalue weighted by atomic mass is 32.1. The molecule has 5 heteroatoms. The lowest BCUT2D eigenvalue weighted by atomic mass is 10.3. The van der Waals surface area contributed by atoms with Crippen LogP contribution in [0.2, 0.25) is 0 Å². The van der Waals surface area contributed by atoms with E-state index >= 15 is 0 Å². The third-order valence-electron chi connectivity index (χ3n) is 1.85. The third kappa shape index (κ3) is 2.17. The molecule has 0 bridgehead atoms. The minimum atomic E-state index is 0.722. The lowest BCUT2D eigenvalue weighted by Gasteiger charge is -1.94. The second kappa shape index (κ2) is 4.32. The molecule has 0 aliphatic carbocycles. The van der Waals surface area contributed by atoms with Crippen LogP contribution in [0, 0.1) is 0 Å². The summed E-state index contributed by atoms with van der Waals surface area (Å²) >= 11 is 1.72. The van der Waals surface area contributed by atoms with Crippen molar-refractivity contribution in [3.63, 3.8) is 0 Å². The Bertz CT molecular complexity index is 379. The fraction of sp³-hybridized carbons (Fsp3) is 0.444. The molecule has 0 spiro atoms. The van der Waals surface area contributed by atoms with Crippen molar-refractivity contribution in [1.29, 1.82) is 0 Å². The van der Waals surface area contributed by atoms with E-state index in [9.17, 15) is 0 Å². The third-order valence-corrected chi connectivity index (χ3v) is 2.81. The average molecular weight is 208 g/mol. The summed E-state index contributed by atoms with van der Waals surface area (Å²) in [6.45, 7) is 2.89. The van der Waals surface area contributed by atoms with Crippen molar-refractivity contribution in [1.82, 2.24) is 19.7 Å². The molecule has 0 atom stereocenters. The SMILES string of the molecule is CCCc1nc(Cn2cncn2)cs1. The second-order valence-electron chi connectivity index (χ2n) is 3.08. The van der Waals surface area contributed by atoms with Crippen LogP contribution in [-0.2, 0) is 13.0 Å². The van der Waals surface area contributed by atoms with Crippen molar-refractivity contribution >= 4 is 11.3 Å². The van der Waals surface area contributed by atoms with Crippen LogP contribution in [0.4, 0.5) is 0 Å². The van der Waals surface area contributed by atoms with Gasteiger partial charge in [-0.05, 0) is 12.8 Å². The summed E-state index contributed by atoms with van der Waals surface area (Å²) in [5, 5.41) is 7.34. The molecule has 0 radical (unpaired) electrons. The molecule has 0 N–H and O–H groups in total. The maximum atomic E-state index is 4.50. The fourth-order valence-corrected chi connectivity index (χ4v) is 2.12. The molecule has 74 valence electrons. The Morgan fingerprint density at radius 2 is 2.43 bits per heavy atom. The van der Waals surface area contributed by atoms with Crippen molar-refractivity contribution in [2.75, 3.05) is 0 Å². The first-order valence-electron chi connectivity index (χ1n) is 4.64. The van der Waals surface area contributed by atoms with Gasteiger partial charge in [-0.25, -0.2) is 14.6 Å². The Morgan fingerprint density at radius 3 is 3.14 bits per heavy atom. The van der Waals surface area contributed by atoms with Gasteiger partial charge in [-0.3, -0.25) is 0 Å². The van der Waals surface area contributed by atoms with Crippen LogP contribution < -0.4 is 0 Å². The van der Waals surface area contributed by atoms with Gasteiger partial charge in [0.25, 0.3) is 0 Å². The molecule has 14 heavy (non-hydrogen) atoms. The molecule has 0 saturated carbocycles. The van der Waals surface area contributed by atoms with E-state index in [0.29, 0.717) is 0 Å². The topological polar surface area (TPSA) is 43.6 Å². The quantitative estimate of drug-likeness (QED) is 0.768. The Kier molecular flexibility index (Phi) is 2.88. The highest BCUT2D eigenvalue weighted by Gasteiger charge is 2.01. The number of aromatic nitrogens is 4. The summed E-state index contributed by atoms with van der Waals surface area (Å²) in [7, 11) is 0. The van der Waals surface area contributed by atoms with Crippen LogP contribution in [0.15, 0.2) is 18.0 Å². The zero-order valence-corrected chi connectivity index (χ0v) is 8.87. The van der Waals surface area contributed by atoms with E-state index in [2.05, 4.69) is 27.4 Å². The van der Waals surface area contributed by atoms with Gasteiger partial charge in [-0.15, -0.1) is 11.3 Å². The van der Waals surface area contributed by atoms with Gasteiger partial charge in [-0.1, -0.05) is 6.92 Å². The lowest BCUT2D eigenvalue weighted by molar-refractivity contribution is 0.671. The molecule has 2 aromatic heterocycles. The minimum Gasteiger partial charge on any atom is -0.247 e. The Labute approximate surface area is 86.6 Å². The van der Waals surface area contributed by atoms with Gasteiger partial charge in [0, 0.05) is 5.38 Å². The van der Waals surface area contributed by atoms with Crippen molar-refractivity contribution in [2.24, 2.45) is 0 Å². The molecule has 4 nitrogen and oxygen atoms in total. The van der Waals surface area contributed by atoms with Crippen molar-refractivity contribution in [3.05, 3.63) is 28.7 Å². The summed E-state index contributed by atoms with van der Waals surface area (Å²) in [6, 6.07) is 0. The number of hydrogen-bond donors (Lipinski definition) is 0. The Balaban J connectivity index is 2.03. The molecular formula is C9H12N4S. The first-order valence-corrected chi connectivity index (χ1v) is 5.52. The standard InChI is InChI=1S/C9H12N4S/c1-2-3-9-12-8(5-14-9)4-13-7-10-6-11-13/h5-7H,2-4H2,1H3. The van der Waals surface area contributed by atoms with Gasteiger partial charge in [0.15, 0.2) is 0 Å². The van der Waals surface area contributed by atoms with Crippen LogP contribution >= 0.6 is 11.3 Å². The van der Waals surface area contributed by atoms with Crippen LogP contribution in [0.5, 0.6) is 0 Å². The van der Waals surface area contributed by atoms with E-state index in [-0.39, 0.29) is 0 Å². The molecule has 0 unspecified atom stereocenters. The smallest absolute Gasteiger partial charge is 0.137 e. The van der Waals surface area contributed by atoms with E-state index < -0.39 is 0 Å². The lowest BCUT2D eigenvalue weighted by Crippen LogP contribution is -2.00. The molecule has 0 amide bonds. The molecule has 0 aromatic carbocycles. The molecule has 0 saturated heterocycles. The number of rotatable bonds is 4. The normalized spacial score (nSPS) is 10.6. The van der Waals surface area contributed by atoms with E-state index in [1.54, 1.807) is 28.7 Å². The number of hydrogen-bond acceptors (Lipinski definition) is 4. The summed E-state index contributed by atoms with van der Waals surface area (Å²) < 4.78 is 1.78. The van der Waals surface area contributed by atoms with Gasteiger partial charge in [0.1, 0.15) is 12.7 Å². The van der Waals surface area contributed by atoms with Crippen LogP contribution in [0.1, 0.15) is 24.0 Å². The minimum absolute atomic E-state index is 0.722. The molecule has 0 fully saturated rings. The van der Waals surface area contributed by atoms with Crippen LogP contribution in [-0.4, -0.2) is 19.7 Å². The largest absolute Gasteiger partial charge is 0.247 e. The van der Waals surface area contributed by atoms with Crippen molar-refractivity contribution in [3.8, 4) is 0 Å². The Hall–Kier alpha value is -1.23. The van der Waals surface area contributed by atoms with E-state index in [1.165, 1.54) is 5.01 Å².